The van der Waals surface area contributed by atoms with Crippen LogP contribution in [0.15, 0.2) is 58.1 Å². The van der Waals surface area contributed by atoms with E-state index in [-0.39, 0.29) is 0 Å². The van der Waals surface area contributed by atoms with Crippen LogP contribution in [0.1, 0.15) is 28.5 Å². The van der Waals surface area contributed by atoms with Crippen LogP contribution in [0.2, 0.25) is 0 Å². The smallest absolute Gasteiger partial charge is 0.365 e. The Kier molecular flexibility index (Phi) is 5.05. The Morgan fingerprint density at radius 2 is 1.71 bits per heavy atom. The topological polar surface area (TPSA) is 58.2 Å². The van der Waals surface area contributed by atoms with E-state index in [0.29, 0.717) is 41.0 Å². The molecule has 9 heteroatoms. The number of rotatable bonds is 2. The van der Waals surface area contributed by atoms with E-state index in [1.165, 1.54) is 23.7 Å². The maximum atomic E-state index is 13.4. The molecular formula is C25H22F3N3O3. The zero-order valence-corrected chi connectivity index (χ0v) is 18.8. The van der Waals surface area contributed by atoms with E-state index in [1.54, 1.807) is 7.05 Å². The predicted octanol–water partition coefficient (Wildman–Crippen LogP) is 4.15. The van der Waals surface area contributed by atoms with Crippen LogP contribution in [0, 0.1) is 6.92 Å². The van der Waals surface area contributed by atoms with Gasteiger partial charge in [0, 0.05) is 20.6 Å². The van der Waals surface area contributed by atoms with Gasteiger partial charge in [0.1, 0.15) is 6.10 Å². The van der Waals surface area contributed by atoms with Gasteiger partial charge in [-0.1, -0.05) is 35.9 Å². The van der Waals surface area contributed by atoms with Gasteiger partial charge in [0.15, 0.2) is 0 Å². The second kappa shape index (κ2) is 7.73. The van der Waals surface area contributed by atoms with Crippen LogP contribution in [0.25, 0.3) is 22.2 Å². The molecule has 2 aromatic carbocycles. The Balaban J connectivity index is 1.85. The normalized spacial score (nSPS) is 16.1. The lowest BCUT2D eigenvalue weighted by atomic mass is 10.0. The SMILES string of the molecule is Cc1cccc(-c2c3c(=O)n(C)c(=O)n(C)c3c3n2CCOC3c2ccc(C(F)(F)F)cc2)c1. The average Bonchev–Trinajstić information content (AvgIpc) is 3.16. The first kappa shape index (κ1) is 22.2. The lowest BCUT2D eigenvalue weighted by Crippen LogP contribution is -2.37. The number of aromatic nitrogens is 3. The molecule has 0 saturated carbocycles. The predicted molar refractivity (Wildman–Crippen MR) is 122 cm³/mol. The second-order valence-electron chi connectivity index (χ2n) is 8.55. The van der Waals surface area contributed by atoms with Crippen LogP contribution < -0.4 is 11.2 Å². The molecular weight excluding hydrogens is 447 g/mol. The lowest BCUT2D eigenvalue weighted by molar-refractivity contribution is -0.137. The van der Waals surface area contributed by atoms with Gasteiger partial charge in [0.25, 0.3) is 5.56 Å². The Morgan fingerprint density at radius 1 is 1.00 bits per heavy atom. The summed E-state index contributed by atoms with van der Waals surface area (Å²) in [7, 11) is 3.02. The molecule has 0 spiro atoms. The fraction of sp³-hybridized carbons (Fsp3) is 0.280. The molecule has 1 atom stereocenters. The number of fused-ring (bicyclic) bond motifs is 3. The number of halogens is 3. The van der Waals surface area contributed by atoms with Crippen molar-refractivity contribution in [2.45, 2.75) is 25.7 Å². The molecule has 2 aromatic heterocycles. The molecule has 0 bridgehead atoms. The number of hydrogen-bond acceptors (Lipinski definition) is 3. The summed E-state index contributed by atoms with van der Waals surface area (Å²) in [5, 5.41) is 0.382. The molecule has 3 heterocycles. The molecule has 4 aromatic rings. The van der Waals surface area contributed by atoms with E-state index in [0.717, 1.165) is 27.8 Å². The van der Waals surface area contributed by atoms with Crippen molar-refractivity contribution >= 4 is 10.9 Å². The summed E-state index contributed by atoms with van der Waals surface area (Å²) < 4.78 is 49.8. The van der Waals surface area contributed by atoms with Crippen LogP contribution in [0.4, 0.5) is 13.2 Å². The van der Waals surface area contributed by atoms with Crippen LogP contribution in [-0.2, 0) is 31.6 Å². The first-order chi connectivity index (χ1) is 16.1. The molecule has 0 amide bonds. The van der Waals surface area contributed by atoms with Gasteiger partial charge in [0.05, 0.1) is 34.5 Å². The highest BCUT2D eigenvalue weighted by Gasteiger charge is 2.34. The molecule has 1 aliphatic rings. The first-order valence-electron chi connectivity index (χ1n) is 10.8. The quantitative estimate of drug-likeness (QED) is 0.443. The van der Waals surface area contributed by atoms with Crippen LogP contribution in [0.5, 0.6) is 0 Å². The Hall–Kier alpha value is -3.59. The van der Waals surface area contributed by atoms with Crippen molar-refractivity contribution in [3.05, 3.63) is 91.8 Å². The number of nitrogens with zero attached hydrogens (tertiary/aromatic N) is 3. The van der Waals surface area contributed by atoms with Gasteiger partial charge in [0.2, 0.25) is 0 Å². The summed E-state index contributed by atoms with van der Waals surface area (Å²) in [6.45, 7) is 2.68. The Bertz CT molecular complexity index is 1540. The fourth-order valence-corrected chi connectivity index (χ4v) is 4.77. The van der Waals surface area contributed by atoms with Gasteiger partial charge in [-0.2, -0.15) is 13.2 Å². The third-order valence-corrected chi connectivity index (χ3v) is 6.38. The highest BCUT2D eigenvalue weighted by atomic mass is 19.4. The number of alkyl halides is 3. The van der Waals surface area contributed by atoms with Gasteiger partial charge in [-0.05, 0) is 36.2 Å². The van der Waals surface area contributed by atoms with Crippen LogP contribution in [0.3, 0.4) is 0 Å². The minimum absolute atomic E-state index is 0.298. The summed E-state index contributed by atoms with van der Waals surface area (Å²) in [5.41, 5.74) is 2.34. The summed E-state index contributed by atoms with van der Waals surface area (Å²) >= 11 is 0. The van der Waals surface area contributed by atoms with Crippen molar-refractivity contribution in [1.82, 2.24) is 13.7 Å². The summed E-state index contributed by atoms with van der Waals surface area (Å²) in [6, 6.07) is 12.5. The van der Waals surface area contributed by atoms with E-state index in [1.807, 2.05) is 35.8 Å². The monoisotopic (exact) mass is 469 g/mol. The summed E-state index contributed by atoms with van der Waals surface area (Å²) in [5.74, 6) is 0. The van der Waals surface area contributed by atoms with Gasteiger partial charge < -0.3 is 9.30 Å². The number of aryl methyl sites for hydroxylation is 2. The van der Waals surface area contributed by atoms with Crippen molar-refractivity contribution in [3.8, 4) is 11.3 Å². The van der Waals surface area contributed by atoms with E-state index < -0.39 is 29.1 Å². The number of benzene rings is 2. The summed E-state index contributed by atoms with van der Waals surface area (Å²) in [6.07, 6.45) is -5.19. The molecule has 0 N–H and O–H groups in total. The number of ether oxygens (including phenoxy) is 1. The molecule has 5 rings (SSSR count). The van der Waals surface area contributed by atoms with Crippen molar-refractivity contribution in [2.75, 3.05) is 6.61 Å². The Labute approximate surface area is 192 Å². The molecule has 0 aliphatic carbocycles. The van der Waals surface area contributed by atoms with Crippen LogP contribution in [-0.4, -0.2) is 20.3 Å². The maximum Gasteiger partial charge on any atom is 0.416 e. The largest absolute Gasteiger partial charge is 0.416 e. The molecule has 0 fully saturated rings. The molecule has 34 heavy (non-hydrogen) atoms. The van der Waals surface area contributed by atoms with Gasteiger partial charge in [-0.15, -0.1) is 0 Å². The number of hydrogen-bond donors (Lipinski definition) is 0. The molecule has 6 nitrogen and oxygen atoms in total. The minimum Gasteiger partial charge on any atom is -0.365 e. The van der Waals surface area contributed by atoms with E-state index in [2.05, 4.69) is 0 Å². The van der Waals surface area contributed by atoms with E-state index in [9.17, 15) is 22.8 Å². The highest BCUT2D eigenvalue weighted by molar-refractivity contribution is 5.96. The Morgan fingerprint density at radius 3 is 2.35 bits per heavy atom. The third-order valence-electron chi connectivity index (χ3n) is 6.38. The standard InChI is InChI=1S/C25H22F3N3O3/c1-14-5-4-6-16(13-14)19-18-20(29(2)24(33)30(3)23(18)32)21-22(34-12-11-31(19)21)15-7-9-17(10-8-15)25(26,27)28/h4-10,13,22H,11-12H2,1-3H3. The van der Waals surface area contributed by atoms with Crippen molar-refractivity contribution in [2.24, 2.45) is 14.1 Å². The summed E-state index contributed by atoms with van der Waals surface area (Å²) in [4.78, 5) is 26.2. The molecule has 176 valence electrons. The van der Waals surface area contributed by atoms with Crippen molar-refractivity contribution in [1.29, 1.82) is 0 Å². The lowest BCUT2D eigenvalue weighted by Gasteiger charge is -2.28. The zero-order chi connectivity index (χ0) is 24.4. The van der Waals surface area contributed by atoms with E-state index >= 15 is 0 Å². The first-order valence-corrected chi connectivity index (χ1v) is 10.8. The highest BCUT2D eigenvalue weighted by Crippen LogP contribution is 2.41. The van der Waals surface area contributed by atoms with Gasteiger partial charge in [-0.25, -0.2) is 4.79 Å². The fourth-order valence-electron chi connectivity index (χ4n) is 4.77. The molecule has 1 aliphatic heterocycles. The van der Waals surface area contributed by atoms with Gasteiger partial charge in [-0.3, -0.25) is 13.9 Å². The average molecular weight is 469 g/mol. The molecule has 0 saturated heterocycles. The van der Waals surface area contributed by atoms with Crippen molar-refractivity contribution < 1.29 is 17.9 Å². The van der Waals surface area contributed by atoms with Gasteiger partial charge >= 0.3 is 11.9 Å². The third kappa shape index (κ3) is 3.30. The molecule has 1 unspecified atom stereocenters. The van der Waals surface area contributed by atoms with E-state index in [4.69, 9.17) is 4.74 Å². The second-order valence-corrected chi connectivity index (χ2v) is 8.55. The zero-order valence-electron chi connectivity index (χ0n) is 18.8. The maximum absolute atomic E-state index is 13.4. The van der Waals surface area contributed by atoms with Crippen molar-refractivity contribution in [3.63, 3.8) is 0 Å². The minimum atomic E-state index is -4.45. The molecule has 0 radical (unpaired) electrons. The van der Waals surface area contributed by atoms with Crippen LogP contribution >= 0.6 is 0 Å².